The molecule has 1 N–H and O–H groups in total. The number of aromatic amines is 1. The van der Waals surface area contributed by atoms with E-state index in [-0.39, 0.29) is 0 Å². The van der Waals surface area contributed by atoms with Crippen LogP contribution in [0.25, 0.3) is 22.8 Å². The molecular formula is C18H14N4OS2. The highest BCUT2D eigenvalue weighted by atomic mass is 32.2. The molecule has 0 aliphatic rings. The Bertz CT molecular complexity index is 958. The first-order valence-corrected chi connectivity index (χ1v) is 9.51. The third kappa shape index (κ3) is 4.07. The predicted octanol–water partition coefficient (Wildman–Crippen LogP) is 4.98. The normalized spacial score (nSPS) is 11.4. The SMILES string of the molecule is C(=C\c1nc(SCc2cc(-c3cccs3)on2)n[nH]1)/c1ccccc1. The van der Waals surface area contributed by atoms with Crippen molar-refractivity contribution in [1.82, 2.24) is 20.3 Å². The van der Waals surface area contributed by atoms with Gasteiger partial charge in [0, 0.05) is 11.8 Å². The van der Waals surface area contributed by atoms with Gasteiger partial charge in [0.2, 0.25) is 5.16 Å². The van der Waals surface area contributed by atoms with Gasteiger partial charge in [0.05, 0.1) is 10.6 Å². The molecule has 0 saturated carbocycles. The van der Waals surface area contributed by atoms with Crippen LogP contribution in [0.3, 0.4) is 0 Å². The van der Waals surface area contributed by atoms with Crippen molar-refractivity contribution in [2.45, 2.75) is 10.9 Å². The van der Waals surface area contributed by atoms with Gasteiger partial charge in [-0.15, -0.1) is 16.4 Å². The Morgan fingerprint density at radius 3 is 2.88 bits per heavy atom. The van der Waals surface area contributed by atoms with Crippen molar-refractivity contribution in [2.75, 3.05) is 0 Å². The van der Waals surface area contributed by atoms with Gasteiger partial charge in [0.15, 0.2) is 5.76 Å². The predicted molar refractivity (Wildman–Crippen MR) is 101 cm³/mol. The second-order valence-corrected chi connectivity index (χ2v) is 7.09. The van der Waals surface area contributed by atoms with Crippen molar-refractivity contribution >= 4 is 35.3 Å². The molecule has 0 fully saturated rings. The molecule has 3 heterocycles. The maximum absolute atomic E-state index is 5.38. The molecule has 124 valence electrons. The van der Waals surface area contributed by atoms with E-state index >= 15 is 0 Å². The second-order valence-electron chi connectivity index (χ2n) is 5.20. The highest BCUT2D eigenvalue weighted by molar-refractivity contribution is 7.98. The Labute approximate surface area is 152 Å². The van der Waals surface area contributed by atoms with E-state index in [1.54, 1.807) is 11.3 Å². The first-order chi connectivity index (χ1) is 12.4. The van der Waals surface area contributed by atoms with Gasteiger partial charge in [-0.1, -0.05) is 59.4 Å². The minimum absolute atomic E-state index is 0.661. The minimum Gasteiger partial charge on any atom is -0.355 e. The van der Waals surface area contributed by atoms with Gasteiger partial charge >= 0.3 is 0 Å². The van der Waals surface area contributed by atoms with Crippen LogP contribution in [0.1, 0.15) is 17.1 Å². The lowest BCUT2D eigenvalue weighted by atomic mass is 10.2. The van der Waals surface area contributed by atoms with Crippen LogP contribution in [0.2, 0.25) is 0 Å². The number of hydrogen-bond acceptors (Lipinski definition) is 6. The molecular weight excluding hydrogens is 352 g/mol. The molecule has 1 aromatic carbocycles. The van der Waals surface area contributed by atoms with Crippen LogP contribution in [0, 0.1) is 0 Å². The largest absolute Gasteiger partial charge is 0.355 e. The summed E-state index contributed by atoms with van der Waals surface area (Å²) in [7, 11) is 0. The second kappa shape index (κ2) is 7.50. The highest BCUT2D eigenvalue weighted by Crippen LogP contribution is 2.27. The van der Waals surface area contributed by atoms with Crippen LogP contribution < -0.4 is 0 Å². The molecule has 5 nitrogen and oxygen atoms in total. The zero-order valence-corrected chi connectivity index (χ0v) is 14.8. The number of aromatic nitrogens is 4. The molecule has 0 amide bonds. The fraction of sp³-hybridized carbons (Fsp3) is 0.0556. The van der Waals surface area contributed by atoms with E-state index in [0.717, 1.165) is 27.7 Å². The molecule has 7 heteroatoms. The average molecular weight is 366 g/mol. The van der Waals surface area contributed by atoms with Gasteiger partial charge in [0.25, 0.3) is 0 Å². The Balaban J connectivity index is 1.36. The molecule has 0 atom stereocenters. The lowest BCUT2D eigenvalue weighted by molar-refractivity contribution is 0.427. The third-order valence-electron chi connectivity index (χ3n) is 3.39. The van der Waals surface area contributed by atoms with Crippen molar-refractivity contribution in [3.63, 3.8) is 0 Å². The number of rotatable bonds is 6. The molecule has 0 bridgehead atoms. The summed E-state index contributed by atoms with van der Waals surface area (Å²) in [4.78, 5) is 5.53. The third-order valence-corrected chi connectivity index (χ3v) is 5.15. The van der Waals surface area contributed by atoms with Gasteiger partial charge < -0.3 is 4.52 Å². The monoisotopic (exact) mass is 366 g/mol. The number of H-pyrrole nitrogens is 1. The highest BCUT2D eigenvalue weighted by Gasteiger charge is 2.09. The van der Waals surface area contributed by atoms with Crippen molar-refractivity contribution in [3.8, 4) is 10.6 Å². The van der Waals surface area contributed by atoms with Crippen LogP contribution in [0.4, 0.5) is 0 Å². The molecule has 0 spiro atoms. The van der Waals surface area contributed by atoms with Crippen LogP contribution in [0.5, 0.6) is 0 Å². The first kappa shape index (κ1) is 15.9. The van der Waals surface area contributed by atoms with E-state index in [1.807, 2.05) is 66.1 Å². The summed E-state index contributed by atoms with van der Waals surface area (Å²) in [5, 5.41) is 14.0. The molecule has 25 heavy (non-hydrogen) atoms. The summed E-state index contributed by atoms with van der Waals surface area (Å²) in [6, 6.07) is 16.1. The topological polar surface area (TPSA) is 67.6 Å². The molecule has 0 saturated heterocycles. The summed E-state index contributed by atoms with van der Waals surface area (Å²) >= 11 is 3.15. The number of thioether (sulfide) groups is 1. The van der Waals surface area contributed by atoms with Crippen LogP contribution in [0.15, 0.2) is 63.6 Å². The van der Waals surface area contributed by atoms with E-state index in [2.05, 4.69) is 20.3 Å². The Hall–Kier alpha value is -2.64. The summed E-state index contributed by atoms with van der Waals surface area (Å²) < 4.78 is 5.38. The zero-order chi connectivity index (χ0) is 16.9. The zero-order valence-electron chi connectivity index (χ0n) is 13.1. The maximum Gasteiger partial charge on any atom is 0.209 e. The van der Waals surface area contributed by atoms with E-state index in [1.165, 1.54) is 11.8 Å². The molecule has 4 aromatic rings. The Morgan fingerprint density at radius 2 is 2.04 bits per heavy atom. The van der Waals surface area contributed by atoms with Gasteiger partial charge in [-0.05, 0) is 23.1 Å². The average Bonchev–Trinajstić information content (AvgIpc) is 3.40. The number of nitrogens with one attached hydrogen (secondary N) is 1. The number of benzene rings is 1. The fourth-order valence-electron chi connectivity index (χ4n) is 2.19. The van der Waals surface area contributed by atoms with Gasteiger partial charge in [0.1, 0.15) is 5.82 Å². The first-order valence-electron chi connectivity index (χ1n) is 7.64. The van der Waals surface area contributed by atoms with Gasteiger partial charge in [-0.25, -0.2) is 4.98 Å². The summed E-state index contributed by atoms with van der Waals surface area (Å²) in [5.74, 6) is 2.19. The molecule has 3 aromatic heterocycles. The van der Waals surface area contributed by atoms with Crippen molar-refractivity contribution in [2.24, 2.45) is 0 Å². The number of nitrogens with zero attached hydrogens (tertiary/aromatic N) is 3. The Kier molecular flexibility index (Phi) is 4.76. The molecule has 0 aliphatic carbocycles. The molecule has 0 aliphatic heterocycles. The molecule has 0 unspecified atom stereocenters. The summed E-state index contributed by atoms with van der Waals surface area (Å²) in [5.41, 5.74) is 2.00. The summed E-state index contributed by atoms with van der Waals surface area (Å²) in [6.45, 7) is 0. The van der Waals surface area contributed by atoms with Gasteiger partial charge in [-0.3, -0.25) is 5.10 Å². The lowest BCUT2D eigenvalue weighted by Gasteiger charge is -1.90. The van der Waals surface area contributed by atoms with E-state index in [4.69, 9.17) is 4.52 Å². The molecule has 4 rings (SSSR count). The fourth-order valence-corrected chi connectivity index (χ4v) is 3.55. The quantitative estimate of drug-likeness (QED) is 0.487. The van der Waals surface area contributed by atoms with E-state index in [0.29, 0.717) is 10.9 Å². The van der Waals surface area contributed by atoms with Crippen molar-refractivity contribution < 1.29 is 4.52 Å². The summed E-state index contributed by atoms with van der Waals surface area (Å²) in [6.07, 6.45) is 3.91. The number of hydrogen-bond donors (Lipinski definition) is 1. The van der Waals surface area contributed by atoms with Crippen molar-refractivity contribution in [1.29, 1.82) is 0 Å². The van der Waals surface area contributed by atoms with E-state index in [9.17, 15) is 0 Å². The standard InChI is InChI=1S/C18H14N4OS2/c1-2-5-13(6-3-1)8-9-17-19-18(21-20-17)25-12-14-11-15(23-22-14)16-7-4-10-24-16/h1-11H,12H2,(H,19,20,21)/b9-8+. The lowest BCUT2D eigenvalue weighted by Crippen LogP contribution is -1.81. The van der Waals surface area contributed by atoms with Crippen LogP contribution >= 0.6 is 23.1 Å². The van der Waals surface area contributed by atoms with Crippen LogP contribution in [-0.2, 0) is 5.75 Å². The Morgan fingerprint density at radius 1 is 1.12 bits per heavy atom. The van der Waals surface area contributed by atoms with E-state index < -0.39 is 0 Å². The van der Waals surface area contributed by atoms with Gasteiger partial charge in [-0.2, -0.15) is 0 Å². The van der Waals surface area contributed by atoms with Crippen LogP contribution in [-0.4, -0.2) is 20.3 Å². The van der Waals surface area contributed by atoms with Crippen molar-refractivity contribution in [3.05, 3.63) is 71.0 Å². The smallest absolute Gasteiger partial charge is 0.209 e. The minimum atomic E-state index is 0.661. The number of thiophene rings is 1. The molecule has 0 radical (unpaired) electrons. The maximum atomic E-state index is 5.38.